The minimum atomic E-state index is -4.37. The molecule has 0 saturated carbocycles. The van der Waals surface area contributed by atoms with Crippen molar-refractivity contribution in [2.75, 3.05) is 25.1 Å². The van der Waals surface area contributed by atoms with Crippen LogP contribution >= 0.6 is 0 Å². The molecule has 0 aliphatic heterocycles. The molecular formula is C17H20F4N4O4S. The third-order valence-corrected chi connectivity index (χ3v) is 6.33. The fourth-order valence-electron chi connectivity index (χ4n) is 3.53. The first-order valence-electron chi connectivity index (χ1n) is 8.98. The zero-order valence-corrected chi connectivity index (χ0v) is 16.9. The second-order valence-electron chi connectivity index (χ2n) is 6.73. The molecule has 2 aromatic rings. The van der Waals surface area contributed by atoms with Gasteiger partial charge in [0, 0.05) is 17.8 Å². The molecule has 1 aliphatic carbocycles. The summed E-state index contributed by atoms with van der Waals surface area (Å²) in [5.41, 5.74) is 0.558. The number of fused-ring (bicyclic) bond motifs is 1. The normalized spacial score (nSPS) is 19.3. The minimum absolute atomic E-state index is 0.0316. The molecule has 1 unspecified atom stereocenters. The molecule has 166 valence electrons. The number of aromatic amines is 1. The Morgan fingerprint density at radius 3 is 2.73 bits per heavy atom. The molecule has 0 amide bonds. The van der Waals surface area contributed by atoms with Crippen LogP contribution in [0.3, 0.4) is 0 Å². The van der Waals surface area contributed by atoms with E-state index in [1.807, 2.05) is 0 Å². The summed E-state index contributed by atoms with van der Waals surface area (Å²) in [6.07, 6.45) is -2.32. The molecule has 13 heteroatoms. The summed E-state index contributed by atoms with van der Waals surface area (Å²) in [6.45, 7) is 0.418. The lowest BCUT2D eigenvalue weighted by atomic mass is 9.79. The Labute approximate surface area is 170 Å². The lowest BCUT2D eigenvalue weighted by Gasteiger charge is -2.31. The molecule has 0 fully saturated rings. The van der Waals surface area contributed by atoms with Gasteiger partial charge in [-0.05, 0) is 18.4 Å². The first-order valence-corrected chi connectivity index (χ1v) is 10.5. The molecule has 1 aliphatic rings. The Balaban J connectivity index is 1.86. The van der Waals surface area contributed by atoms with Crippen LogP contribution in [0, 0.1) is 5.92 Å². The van der Waals surface area contributed by atoms with Crippen molar-refractivity contribution in [1.29, 1.82) is 0 Å². The Kier molecular flexibility index (Phi) is 6.11. The number of alkyl halides is 4. The lowest BCUT2D eigenvalue weighted by Crippen LogP contribution is -2.32. The van der Waals surface area contributed by atoms with Gasteiger partial charge in [-0.25, -0.2) is 22.5 Å². The van der Waals surface area contributed by atoms with Gasteiger partial charge in [-0.2, -0.15) is 18.2 Å². The van der Waals surface area contributed by atoms with Crippen molar-refractivity contribution in [3.8, 4) is 11.6 Å². The predicted octanol–water partition coefficient (Wildman–Crippen LogP) is 3.19. The molecule has 0 bridgehead atoms. The number of methoxy groups -OCH3 is 1. The van der Waals surface area contributed by atoms with Crippen LogP contribution in [0.1, 0.15) is 30.5 Å². The number of nitrogens with one attached hydrogen (secondary N) is 2. The van der Waals surface area contributed by atoms with E-state index in [-0.39, 0.29) is 47.6 Å². The Morgan fingerprint density at radius 2 is 2.10 bits per heavy atom. The van der Waals surface area contributed by atoms with Gasteiger partial charge >= 0.3 is 6.18 Å². The van der Waals surface area contributed by atoms with Crippen LogP contribution < -0.4 is 14.2 Å². The number of ether oxygens (including phenoxy) is 2. The molecule has 0 radical (unpaired) electrons. The van der Waals surface area contributed by atoms with E-state index in [0.717, 1.165) is 12.4 Å². The van der Waals surface area contributed by atoms with Crippen LogP contribution in [0.15, 0.2) is 17.3 Å². The highest BCUT2D eigenvalue weighted by Gasteiger charge is 2.47. The maximum absolute atomic E-state index is 13.2. The molecule has 0 aromatic carbocycles. The van der Waals surface area contributed by atoms with E-state index < -0.39 is 34.7 Å². The van der Waals surface area contributed by atoms with Crippen molar-refractivity contribution >= 4 is 16.0 Å². The van der Waals surface area contributed by atoms with Gasteiger partial charge in [0.05, 0.1) is 19.2 Å². The van der Waals surface area contributed by atoms with Crippen molar-refractivity contribution < 1.29 is 35.5 Å². The SMILES string of the molecule is COc1nc(NS(=O)(=O)c2c[nH]c3c2CCC(C(F)(F)F)[C@H]3C)ncc1OCCF. The monoisotopic (exact) mass is 452 g/mol. The number of H-pyrrole nitrogens is 1. The fraction of sp³-hybridized carbons (Fsp3) is 0.529. The van der Waals surface area contributed by atoms with Crippen molar-refractivity contribution in [1.82, 2.24) is 15.0 Å². The van der Waals surface area contributed by atoms with Crippen molar-refractivity contribution in [3.63, 3.8) is 0 Å². The molecule has 0 spiro atoms. The third-order valence-electron chi connectivity index (χ3n) is 4.93. The summed E-state index contributed by atoms with van der Waals surface area (Å²) in [4.78, 5) is 10.2. The first kappa shape index (κ1) is 22.1. The van der Waals surface area contributed by atoms with Crippen LogP contribution in [-0.4, -0.2) is 49.9 Å². The van der Waals surface area contributed by atoms with E-state index in [2.05, 4.69) is 19.7 Å². The van der Waals surface area contributed by atoms with E-state index in [1.165, 1.54) is 14.0 Å². The molecule has 3 rings (SSSR count). The maximum Gasteiger partial charge on any atom is 0.392 e. The summed E-state index contributed by atoms with van der Waals surface area (Å²) in [6, 6.07) is 0. The van der Waals surface area contributed by atoms with Crippen LogP contribution in [0.4, 0.5) is 23.5 Å². The summed E-state index contributed by atoms with van der Waals surface area (Å²) < 4.78 is 89.7. The standard InChI is InChI=1S/C17H20F4N4O4S/c1-9-11(17(19,20)21)4-3-10-13(8-22-14(9)10)30(26,27)25-16-23-7-12(29-6-5-18)15(24-16)28-2/h7-9,11,22H,3-6H2,1-2H3,(H,23,24,25)/t9-,11?/m1/s1. The van der Waals surface area contributed by atoms with E-state index in [0.29, 0.717) is 5.56 Å². The topological polar surface area (TPSA) is 106 Å². The maximum atomic E-state index is 13.2. The molecule has 30 heavy (non-hydrogen) atoms. The summed E-state index contributed by atoms with van der Waals surface area (Å²) >= 11 is 0. The molecule has 2 heterocycles. The average Bonchev–Trinajstić information content (AvgIpc) is 3.12. The third kappa shape index (κ3) is 4.30. The summed E-state index contributed by atoms with van der Waals surface area (Å²) in [7, 11) is -2.92. The van der Waals surface area contributed by atoms with Gasteiger partial charge in [0.25, 0.3) is 15.9 Å². The van der Waals surface area contributed by atoms with Crippen LogP contribution in [0.25, 0.3) is 0 Å². The first-order chi connectivity index (χ1) is 14.1. The van der Waals surface area contributed by atoms with Gasteiger partial charge < -0.3 is 14.5 Å². The van der Waals surface area contributed by atoms with Gasteiger partial charge in [0.1, 0.15) is 18.2 Å². The Hall–Kier alpha value is -2.57. The van der Waals surface area contributed by atoms with Gasteiger partial charge in [-0.1, -0.05) is 6.92 Å². The number of aromatic nitrogens is 3. The zero-order valence-electron chi connectivity index (χ0n) is 16.1. The van der Waals surface area contributed by atoms with Gasteiger partial charge in [0.2, 0.25) is 5.95 Å². The number of anilines is 1. The van der Waals surface area contributed by atoms with Gasteiger partial charge in [-0.3, -0.25) is 0 Å². The van der Waals surface area contributed by atoms with Crippen LogP contribution in [0.2, 0.25) is 0 Å². The quantitative estimate of drug-likeness (QED) is 0.625. The molecule has 2 aromatic heterocycles. The van der Waals surface area contributed by atoms with E-state index >= 15 is 0 Å². The number of nitrogens with zero attached hydrogens (tertiary/aromatic N) is 2. The molecule has 2 N–H and O–H groups in total. The number of hydrogen-bond donors (Lipinski definition) is 2. The second-order valence-corrected chi connectivity index (χ2v) is 8.38. The van der Waals surface area contributed by atoms with Crippen molar-refractivity contribution in [3.05, 3.63) is 23.7 Å². The fourth-order valence-corrected chi connectivity index (χ4v) is 4.72. The minimum Gasteiger partial charge on any atom is -0.484 e. The van der Waals surface area contributed by atoms with Gasteiger partial charge in [0.15, 0.2) is 5.75 Å². The van der Waals surface area contributed by atoms with E-state index in [1.54, 1.807) is 0 Å². The summed E-state index contributed by atoms with van der Waals surface area (Å²) in [5, 5.41) is 0. The number of rotatable bonds is 7. The van der Waals surface area contributed by atoms with Crippen molar-refractivity contribution in [2.45, 2.75) is 36.8 Å². The lowest BCUT2D eigenvalue weighted by molar-refractivity contribution is -0.183. The number of halogens is 4. The Morgan fingerprint density at radius 1 is 1.37 bits per heavy atom. The van der Waals surface area contributed by atoms with Gasteiger partial charge in [-0.15, -0.1) is 0 Å². The molecule has 2 atom stereocenters. The Bertz CT molecular complexity index is 1010. The largest absolute Gasteiger partial charge is 0.484 e. The number of sulfonamides is 1. The van der Waals surface area contributed by atoms with Crippen LogP contribution in [0.5, 0.6) is 11.6 Å². The highest BCUT2D eigenvalue weighted by Crippen LogP contribution is 2.45. The molecular weight excluding hydrogens is 432 g/mol. The molecule has 0 saturated heterocycles. The van der Waals surface area contributed by atoms with E-state index in [9.17, 15) is 26.0 Å². The zero-order chi connectivity index (χ0) is 22.1. The summed E-state index contributed by atoms with van der Waals surface area (Å²) in [5.74, 6) is -2.85. The van der Waals surface area contributed by atoms with Crippen molar-refractivity contribution in [2.24, 2.45) is 5.92 Å². The highest BCUT2D eigenvalue weighted by molar-refractivity contribution is 7.92. The van der Waals surface area contributed by atoms with E-state index in [4.69, 9.17) is 9.47 Å². The number of hydrogen-bond acceptors (Lipinski definition) is 6. The highest BCUT2D eigenvalue weighted by atomic mass is 32.2. The predicted molar refractivity (Wildman–Crippen MR) is 97.9 cm³/mol. The smallest absolute Gasteiger partial charge is 0.392 e. The average molecular weight is 452 g/mol. The van der Waals surface area contributed by atoms with Crippen LogP contribution in [-0.2, 0) is 16.4 Å². The second kappa shape index (κ2) is 8.28. The molecule has 8 nitrogen and oxygen atoms in total.